The summed E-state index contributed by atoms with van der Waals surface area (Å²) in [6.07, 6.45) is 0. The van der Waals surface area contributed by atoms with E-state index in [0.717, 1.165) is 11.6 Å². The first kappa shape index (κ1) is 16.1. The molecule has 0 bridgehead atoms. The molecule has 0 aliphatic rings. The molecule has 0 aromatic heterocycles. The van der Waals surface area contributed by atoms with E-state index in [4.69, 9.17) is 23.2 Å². The van der Waals surface area contributed by atoms with Crippen molar-refractivity contribution in [1.29, 1.82) is 0 Å². The number of amides is 2. The van der Waals surface area contributed by atoms with Crippen LogP contribution in [0.3, 0.4) is 0 Å². The number of halogens is 4. The fourth-order valence-electron chi connectivity index (χ4n) is 1.61. The Morgan fingerprint density at radius 2 is 1.86 bits per heavy atom. The second-order valence-electron chi connectivity index (χ2n) is 4.29. The number of hydrogen-bond donors (Lipinski definition) is 2. The van der Waals surface area contributed by atoms with Crippen molar-refractivity contribution in [2.24, 2.45) is 0 Å². The summed E-state index contributed by atoms with van der Waals surface area (Å²) >= 11 is 15.0. The molecule has 3 nitrogen and oxygen atoms in total. The Bertz CT molecular complexity index is 686. The lowest BCUT2D eigenvalue weighted by molar-refractivity contribution is 0.262. The highest BCUT2D eigenvalue weighted by molar-refractivity contribution is 9.10. The van der Waals surface area contributed by atoms with Crippen LogP contribution in [-0.2, 0) is 0 Å². The van der Waals surface area contributed by atoms with E-state index in [9.17, 15) is 9.18 Å². The van der Waals surface area contributed by atoms with E-state index in [-0.39, 0.29) is 10.7 Å². The first-order valence-electron chi connectivity index (χ1n) is 5.85. The van der Waals surface area contributed by atoms with Gasteiger partial charge in [0.2, 0.25) is 0 Å². The maximum atomic E-state index is 13.1. The number of carbonyl (C=O) groups is 1. The summed E-state index contributed by atoms with van der Waals surface area (Å²) in [5.41, 5.74) is 1.73. The van der Waals surface area contributed by atoms with Crippen molar-refractivity contribution in [2.75, 3.05) is 10.6 Å². The number of benzene rings is 2. The van der Waals surface area contributed by atoms with Gasteiger partial charge in [-0.15, -0.1) is 0 Å². The van der Waals surface area contributed by atoms with Crippen LogP contribution >= 0.6 is 39.1 Å². The van der Waals surface area contributed by atoms with E-state index in [1.54, 1.807) is 18.2 Å². The molecule has 7 heteroatoms. The molecule has 2 rings (SSSR count). The minimum Gasteiger partial charge on any atom is -0.308 e. The van der Waals surface area contributed by atoms with Gasteiger partial charge < -0.3 is 10.6 Å². The Balaban J connectivity index is 2.13. The maximum Gasteiger partial charge on any atom is 0.323 e. The molecule has 0 unspecified atom stereocenters. The van der Waals surface area contributed by atoms with E-state index in [1.807, 2.05) is 6.92 Å². The number of carbonyl (C=O) groups excluding carboxylic acids is 1. The summed E-state index contributed by atoms with van der Waals surface area (Å²) < 4.78 is 13.5. The van der Waals surface area contributed by atoms with Crippen LogP contribution in [0.2, 0.25) is 10.0 Å². The molecule has 0 heterocycles. The van der Waals surface area contributed by atoms with Gasteiger partial charge in [0.25, 0.3) is 0 Å². The molecule has 0 saturated carbocycles. The molecular weight excluding hydrogens is 382 g/mol. The summed E-state index contributed by atoms with van der Waals surface area (Å²) in [5, 5.41) is 5.82. The average Bonchev–Trinajstić information content (AvgIpc) is 2.38. The summed E-state index contributed by atoms with van der Waals surface area (Å²) in [5.74, 6) is -0.497. The van der Waals surface area contributed by atoms with Gasteiger partial charge in [-0.05, 0) is 52.7 Å². The van der Waals surface area contributed by atoms with Crippen molar-refractivity contribution in [3.8, 4) is 0 Å². The number of rotatable bonds is 2. The molecule has 0 aliphatic carbocycles. The van der Waals surface area contributed by atoms with Crippen molar-refractivity contribution in [3.63, 3.8) is 0 Å². The van der Waals surface area contributed by atoms with Gasteiger partial charge in [0.05, 0.1) is 10.7 Å². The molecule has 0 saturated heterocycles. The largest absolute Gasteiger partial charge is 0.323 e. The molecule has 2 aromatic rings. The fourth-order valence-corrected chi connectivity index (χ4v) is 2.69. The smallest absolute Gasteiger partial charge is 0.308 e. The quantitative estimate of drug-likeness (QED) is 0.662. The van der Waals surface area contributed by atoms with Crippen LogP contribution in [0.15, 0.2) is 34.8 Å². The zero-order valence-electron chi connectivity index (χ0n) is 10.8. The Morgan fingerprint density at radius 3 is 2.48 bits per heavy atom. The van der Waals surface area contributed by atoms with Crippen LogP contribution in [0.5, 0.6) is 0 Å². The lowest BCUT2D eigenvalue weighted by Crippen LogP contribution is -2.20. The van der Waals surface area contributed by atoms with Gasteiger partial charge in [-0.3, -0.25) is 0 Å². The molecule has 0 aliphatic heterocycles. The normalized spacial score (nSPS) is 10.3. The molecule has 0 atom stereocenters. The van der Waals surface area contributed by atoms with Crippen LogP contribution in [0.1, 0.15) is 5.56 Å². The van der Waals surface area contributed by atoms with Gasteiger partial charge in [0.15, 0.2) is 0 Å². The molecule has 21 heavy (non-hydrogen) atoms. The summed E-state index contributed by atoms with van der Waals surface area (Å²) in [6.45, 7) is 1.86. The SMILES string of the molecule is Cc1ccc(NC(=O)Nc2c(Cl)cc(F)cc2Br)cc1Cl. The first-order chi connectivity index (χ1) is 9.86. The molecule has 2 amide bonds. The monoisotopic (exact) mass is 390 g/mol. The van der Waals surface area contributed by atoms with Gasteiger partial charge >= 0.3 is 6.03 Å². The predicted molar refractivity (Wildman–Crippen MR) is 87.9 cm³/mol. The van der Waals surface area contributed by atoms with Crippen LogP contribution in [-0.4, -0.2) is 6.03 Å². The highest BCUT2D eigenvalue weighted by Crippen LogP contribution is 2.31. The number of nitrogens with one attached hydrogen (secondary N) is 2. The molecule has 0 spiro atoms. The molecule has 2 N–H and O–H groups in total. The van der Waals surface area contributed by atoms with Crippen LogP contribution in [0, 0.1) is 12.7 Å². The molecule has 2 aromatic carbocycles. The third-order valence-electron chi connectivity index (χ3n) is 2.68. The van der Waals surface area contributed by atoms with Crippen LogP contribution < -0.4 is 10.6 Å². The molecule has 0 fully saturated rings. The Labute approximate surface area is 139 Å². The third kappa shape index (κ3) is 4.09. The van der Waals surface area contributed by atoms with Crippen LogP contribution in [0.4, 0.5) is 20.6 Å². The van der Waals surface area contributed by atoms with Gasteiger partial charge in [-0.1, -0.05) is 29.3 Å². The van der Waals surface area contributed by atoms with Crippen molar-refractivity contribution in [1.82, 2.24) is 0 Å². The number of urea groups is 1. The van der Waals surface area contributed by atoms with Gasteiger partial charge in [-0.2, -0.15) is 0 Å². The van der Waals surface area contributed by atoms with E-state index in [2.05, 4.69) is 26.6 Å². The maximum absolute atomic E-state index is 13.1. The van der Waals surface area contributed by atoms with Crippen molar-refractivity contribution < 1.29 is 9.18 Å². The lowest BCUT2D eigenvalue weighted by atomic mass is 10.2. The van der Waals surface area contributed by atoms with E-state index < -0.39 is 11.8 Å². The minimum absolute atomic E-state index is 0.0963. The highest BCUT2D eigenvalue weighted by Gasteiger charge is 2.12. The predicted octanol–water partition coefficient (Wildman–Crippen LogP) is 5.85. The second kappa shape index (κ2) is 6.64. The van der Waals surface area contributed by atoms with Gasteiger partial charge in [0.1, 0.15) is 5.82 Å². The second-order valence-corrected chi connectivity index (χ2v) is 5.96. The first-order valence-corrected chi connectivity index (χ1v) is 7.40. The zero-order chi connectivity index (χ0) is 15.6. The Hall–Kier alpha value is -1.30. The Kier molecular flexibility index (Phi) is 5.08. The molecule has 110 valence electrons. The van der Waals surface area contributed by atoms with E-state index in [0.29, 0.717) is 15.2 Å². The summed E-state index contributed by atoms with van der Waals surface area (Å²) in [6, 6.07) is 6.97. The Morgan fingerprint density at radius 1 is 1.14 bits per heavy atom. The summed E-state index contributed by atoms with van der Waals surface area (Å²) in [7, 11) is 0. The van der Waals surface area contributed by atoms with E-state index >= 15 is 0 Å². The molecular formula is C14H10BrCl2FN2O. The van der Waals surface area contributed by atoms with Crippen molar-refractivity contribution >= 4 is 56.5 Å². The van der Waals surface area contributed by atoms with Crippen LogP contribution in [0.25, 0.3) is 0 Å². The van der Waals surface area contributed by atoms with Crippen molar-refractivity contribution in [3.05, 3.63) is 56.2 Å². The van der Waals surface area contributed by atoms with E-state index in [1.165, 1.54) is 6.07 Å². The average molecular weight is 392 g/mol. The lowest BCUT2D eigenvalue weighted by Gasteiger charge is -2.11. The highest BCUT2D eigenvalue weighted by atomic mass is 79.9. The standard InChI is InChI=1S/C14H10BrCl2FN2O/c1-7-2-3-9(6-11(7)16)19-14(21)20-13-10(15)4-8(18)5-12(13)17/h2-6H,1H3,(H2,19,20,21). The number of hydrogen-bond acceptors (Lipinski definition) is 1. The van der Waals surface area contributed by atoms with Gasteiger partial charge in [-0.25, -0.2) is 9.18 Å². The van der Waals surface area contributed by atoms with Gasteiger partial charge in [0, 0.05) is 15.2 Å². The molecule has 0 radical (unpaired) electrons. The third-order valence-corrected chi connectivity index (χ3v) is 4.01. The fraction of sp³-hybridized carbons (Fsp3) is 0.0714. The summed E-state index contributed by atoms with van der Waals surface area (Å²) in [4.78, 5) is 11.9. The number of aryl methyl sites for hydroxylation is 1. The van der Waals surface area contributed by atoms with Crippen molar-refractivity contribution in [2.45, 2.75) is 6.92 Å². The zero-order valence-corrected chi connectivity index (χ0v) is 13.9. The minimum atomic E-state index is -0.510. The number of anilines is 2. The topological polar surface area (TPSA) is 41.1 Å².